The normalized spacial score (nSPS) is 24.8. The Morgan fingerprint density at radius 3 is 2.50 bits per heavy atom. The fourth-order valence-corrected chi connectivity index (χ4v) is 6.60. The molecule has 3 aliphatic heterocycles. The minimum absolute atomic E-state index is 0.131. The van der Waals surface area contributed by atoms with Crippen LogP contribution >= 0.6 is 0 Å². The van der Waals surface area contributed by atoms with Gasteiger partial charge in [-0.2, -0.15) is 0 Å². The van der Waals surface area contributed by atoms with Crippen LogP contribution in [0, 0.1) is 5.92 Å². The number of methoxy groups -OCH3 is 1. The summed E-state index contributed by atoms with van der Waals surface area (Å²) in [7, 11) is -3.15. The second-order valence-corrected chi connectivity index (χ2v) is 13.3. The van der Waals surface area contributed by atoms with E-state index in [-0.39, 0.29) is 22.5 Å². The molecule has 208 valence electrons. The van der Waals surface area contributed by atoms with Crippen LogP contribution < -0.4 is 10.8 Å². The minimum atomic E-state index is -3.72. The van der Waals surface area contributed by atoms with E-state index in [9.17, 15) is 18.0 Å². The Hall–Kier alpha value is -2.44. The molecule has 0 radical (unpaired) electrons. The van der Waals surface area contributed by atoms with Crippen molar-refractivity contribution in [2.75, 3.05) is 19.4 Å². The maximum absolute atomic E-state index is 13.6. The van der Waals surface area contributed by atoms with Gasteiger partial charge in [-0.3, -0.25) is 9.79 Å². The van der Waals surface area contributed by atoms with Crippen molar-refractivity contribution >= 4 is 45.8 Å². The van der Waals surface area contributed by atoms with Crippen LogP contribution in [0.3, 0.4) is 0 Å². The molecule has 0 aliphatic carbocycles. The van der Waals surface area contributed by atoms with Crippen molar-refractivity contribution in [2.24, 2.45) is 10.9 Å². The summed E-state index contributed by atoms with van der Waals surface area (Å²) in [5.41, 5.74) is 0.301. The zero-order valence-corrected chi connectivity index (χ0v) is 24.1. The molecule has 1 N–H and O–H groups in total. The summed E-state index contributed by atoms with van der Waals surface area (Å²) in [6, 6.07) is 3.81. The molecule has 0 saturated carbocycles. The molecule has 2 saturated heterocycles. The molecule has 2 amide bonds. The minimum Gasteiger partial charge on any atom is -0.453 e. The SMILES string of the molecule is CCC(C)[C@H](NC(=O)OC)C(=O)N1CCC[C@H]1C1=Nc2ccc(B3OC(C)(C)C(C)(C)O3)cc2S(=O)(=O)C1. The molecule has 3 heterocycles. The first-order valence-electron chi connectivity index (χ1n) is 13.2. The Labute approximate surface area is 225 Å². The van der Waals surface area contributed by atoms with Crippen LogP contribution in [0.2, 0.25) is 0 Å². The summed E-state index contributed by atoms with van der Waals surface area (Å²) in [6.07, 6.45) is 1.32. The first kappa shape index (κ1) is 28.6. The monoisotopic (exact) mass is 547 g/mol. The molecular weight excluding hydrogens is 509 g/mol. The largest absolute Gasteiger partial charge is 0.494 e. The highest BCUT2D eigenvalue weighted by molar-refractivity contribution is 7.92. The summed E-state index contributed by atoms with van der Waals surface area (Å²) in [5, 5.41) is 2.66. The van der Waals surface area contributed by atoms with Crippen molar-refractivity contribution in [1.82, 2.24) is 10.2 Å². The second kappa shape index (κ2) is 10.3. The van der Waals surface area contributed by atoms with Crippen LogP contribution in [0.1, 0.15) is 60.8 Å². The first-order chi connectivity index (χ1) is 17.7. The average Bonchev–Trinajstić information content (AvgIpc) is 3.42. The van der Waals surface area contributed by atoms with Crippen molar-refractivity contribution in [3.8, 4) is 0 Å². The number of sulfone groups is 1. The highest BCUT2D eigenvalue weighted by atomic mass is 32.2. The van der Waals surface area contributed by atoms with E-state index in [1.807, 2.05) is 41.5 Å². The molecule has 38 heavy (non-hydrogen) atoms. The van der Waals surface area contributed by atoms with Crippen LogP contribution in [0.4, 0.5) is 10.5 Å². The number of nitrogens with zero attached hydrogens (tertiary/aromatic N) is 2. The Bertz CT molecular complexity index is 1230. The van der Waals surface area contributed by atoms with E-state index in [0.29, 0.717) is 42.7 Å². The van der Waals surface area contributed by atoms with E-state index >= 15 is 0 Å². The van der Waals surface area contributed by atoms with Gasteiger partial charge in [-0.25, -0.2) is 13.2 Å². The summed E-state index contributed by atoms with van der Waals surface area (Å²) in [6.45, 7) is 12.1. The molecule has 1 aromatic carbocycles. The molecule has 4 rings (SSSR count). The van der Waals surface area contributed by atoms with Gasteiger partial charge in [-0.1, -0.05) is 26.3 Å². The maximum atomic E-state index is 13.6. The number of fused-ring (bicyclic) bond motifs is 1. The van der Waals surface area contributed by atoms with Crippen molar-refractivity contribution in [1.29, 1.82) is 0 Å². The Morgan fingerprint density at radius 2 is 1.89 bits per heavy atom. The Kier molecular flexibility index (Phi) is 7.72. The van der Waals surface area contributed by atoms with Crippen LogP contribution in [-0.4, -0.2) is 80.8 Å². The van der Waals surface area contributed by atoms with Gasteiger partial charge in [0.2, 0.25) is 5.91 Å². The number of nitrogens with one attached hydrogen (secondary N) is 1. The number of aliphatic imine (C=N–C) groups is 1. The van der Waals surface area contributed by atoms with Crippen molar-refractivity contribution < 1.29 is 32.1 Å². The summed E-state index contributed by atoms with van der Waals surface area (Å²) in [4.78, 5) is 32.0. The van der Waals surface area contributed by atoms with Gasteiger partial charge in [0.15, 0.2) is 9.84 Å². The molecular formula is C26H38BN3O7S. The lowest BCUT2D eigenvalue weighted by atomic mass is 9.79. The number of amides is 2. The van der Waals surface area contributed by atoms with Gasteiger partial charge in [0.25, 0.3) is 0 Å². The Morgan fingerprint density at radius 1 is 1.24 bits per heavy atom. The lowest BCUT2D eigenvalue weighted by molar-refractivity contribution is -0.134. The van der Waals surface area contributed by atoms with E-state index in [4.69, 9.17) is 19.0 Å². The molecule has 0 aromatic heterocycles. The third kappa shape index (κ3) is 5.22. The van der Waals surface area contributed by atoms with Crippen LogP contribution in [-0.2, 0) is 28.7 Å². The van der Waals surface area contributed by atoms with Gasteiger partial charge in [0.05, 0.1) is 46.4 Å². The van der Waals surface area contributed by atoms with Gasteiger partial charge in [-0.15, -0.1) is 0 Å². The van der Waals surface area contributed by atoms with Crippen LogP contribution in [0.15, 0.2) is 28.1 Å². The highest BCUT2D eigenvalue weighted by Crippen LogP contribution is 2.38. The van der Waals surface area contributed by atoms with Gasteiger partial charge in [-0.05, 0) is 64.1 Å². The summed E-state index contributed by atoms with van der Waals surface area (Å²) >= 11 is 0. The lowest BCUT2D eigenvalue weighted by Gasteiger charge is -2.33. The fourth-order valence-electron chi connectivity index (χ4n) is 5.05. The molecule has 1 aromatic rings. The zero-order chi connectivity index (χ0) is 28.0. The average molecular weight is 547 g/mol. The number of carbonyl (C=O) groups is 2. The number of likely N-dealkylation sites (tertiary alicyclic amines) is 1. The molecule has 0 spiro atoms. The molecule has 10 nitrogen and oxygen atoms in total. The smallest absolute Gasteiger partial charge is 0.453 e. The van der Waals surface area contributed by atoms with E-state index < -0.39 is 46.3 Å². The topological polar surface area (TPSA) is 124 Å². The third-order valence-electron chi connectivity index (χ3n) is 8.30. The van der Waals surface area contributed by atoms with Crippen molar-refractivity contribution in [2.45, 2.75) is 89.0 Å². The number of carbonyl (C=O) groups excluding carboxylic acids is 2. The van der Waals surface area contributed by atoms with E-state index in [2.05, 4.69) is 5.32 Å². The quantitative estimate of drug-likeness (QED) is 0.543. The molecule has 0 bridgehead atoms. The predicted octanol–water partition coefficient (Wildman–Crippen LogP) is 2.61. The van der Waals surface area contributed by atoms with Gasteiger partial charge in [0, 0.05) is 6.54 Å². The number of ether oxygens (including phenoxy) is 1. The maximum Gasteiger partial charge on any atom is 0.494 e. The van der Waals surface area contributed by atoms with E-state index in [0.717, 1.165) is 0 Å². The number of rotatable bonds is 6. The molecule has 3 atom stereocenters. The third-order valence-corrected chi connectivity index (χ3v) is 9.98. The second-order valence-electron chi connectivity index (χ2n) is 11.4. The van der Waals surface area contributed by atoms with Crippen molar-refractivity contribution in [3.05, 3.63) is 18.2 Å². The zero-order valence-electron chi connectivity index (χ0n) is 23.2. The van der Waals surface area contributed by atoms with E-state index in [1.54, 1.807) is 23.1 Å². The number of benzene rings is 1. The Balaban J connectivity index is 1.62. The van der Waals surface area contributed by atoms with Gasteiger partial charge >= 0.3 is 13.2 Å². The number of alkyl carbamates (subject to hydrolysis) is 1. The predicted molar refractivity (Wildman–Crippen MR) is 145 cm³/mol. The standard InChI is InChI=1S/C26H38BN3O7S/c1-8-16(2)22(29-24(32)35-7)23(31)30-13-9-10-20(30)19-15-38(33,34)21-14-17(11-12-18(21)28-19)27-36-25(3,4)26(5,6)37-27/h11-12,14,16,20,22H,8-10,13,15H2,1-7H3,(H,29,32)/t16?,20-,22-/m0/s1. The fraction of sp³-hybridized carbons (Fsp3) is 0.654. The van der Waals surface area contributed by atoms with Crippen LogP contribution in [0.5, 0.6) is 0 Å². The lowest BCUT2D eigenvalue weighted by Crippen LogP contribution is -2.54. The summed E-state index contributed by atoms with van der Waals surface area (Å²) in [5.74, 6) is -0.664. The highest BCUT2D eigenvalue weighted by Gasteiger charge is 2.52. The summed E-state index contributed by atoms with van der Waals surface area (Å²) < 4.78 is 43.9. The van der Waals surface area contributed by atoms with Crippen molar-refractivity contribution in [3.63, 3.8) is 0 Å². The van der Waals surface area contributed by atoms with Gasteiger partial charge < -0.3 is 24.3 Å². The number of hydrogen-bond donors (Lipinski definition) is 1. The molecule has 12 heteroatoms. The molecule has 1 unspecified atom stereocenters. The van der Waals surface area contributed by atoms with Gasteiger partial charge in [0.1, 0.15) is 6.04 Å². The first-order valence-corrected chi connectivity index (χ1v) is 14.8. The molecule has 2 fully saturated rings. The molecule has 3 aliphatic rings. The van der Waals surface area contributed by atoms with E-state index in [1.165, 1.54) is 7.11 Å². The van der Waals surface area contributed by atoms with Crippen LogP contribution in [0.25, 0.3) is 0 Å². The number of hydrogen-bond acceptors (Lipinski definition) is 8.